The largest absolute Gasteiger partial charge is 0.416 e. The van der Waals surface area contributed by atoms with Crippen molar-refractivity contribution < 1.29 is 22.7 Å². The molecule has 2 aromatic carbocycles. The lowest BCUT2D eigenvalue weighted by molar-refractivity contribution is -0.137. The summed E-state index contributed by atoms with van der Waals surface area (Å²) in [6.45, 7) is 7.98. The van der Waals surface area contributed by atoms with Gasteiger partial charge in [-0.25, -0.2) is 14.8 Å². The first-order valence-electron chi connectivity index (χ1n) is 12.9. The van der Waals surface area contributed by atoms with Crippen LogP contribution in [0.3, 0.4) is 0 Å². The zero-order chi connectivity index (χ0) is 28.2. The second-order valence-corrected chi connectivity index (χ2v) is 10.6. The van der Waals surface area contributed by atoms with Gasteiger partial charge in [-0.15, -0.1) is 0 Å². The predicted molar refractivity (Wildman–Crippen MR) is 145 cm³/mol. The number of benzene rings is 2. The van der Waals surface area contributed by atoms with Crippen LogP contribution in [0.25, 0.3) is 11.4 Å². The van der Waals surface area contributed by atoms with Crippen LogP contribution in [-0.2, 0) is 23.9 Å². The van der Waals surface area contributed by atoms with E-state index in [1.54, 1.807) is 18.1 Å². The van der Waals surface area contributed by atoms with Gasteiger partial charge in [-0.1, -0.05) is 48.5 Å². The van der Waals surface area contributed by atoms with Gasteiger partial charge in [0, 0.05) is 56.4 Å². The molecule has 1 saturated heterocycles. The van der Waals surface area contributed by atoms with E-state index in [9.17, 15) is 18.0 Å². The first-order valence-corrected chi connectivity index (χ1v) is 12.9. The van der Waals surface area contributed by atoms with E-state index in [0.717, 1.165) is 11.6 Å². The number of hydrogen-bond acceptors (Lipinski definition) is 5. The Kier molecular flexibility index (Phi) is 8.44. The minimum atomic E-state index is -4.44. The minimum Gasteiger partial charge on any atom is -0.378 e. The summed E-state index contributed by atoms with van der Waals surface area (Å²) in [5, 5.41) is 3.00. The van der Waals surface area contributed by atoms with Crippen LogP contribution in [-0.4, -0.2) is 59.7 Å². The van der Waals surface area contributed by atoms with Crippen molar-refractivity contribution in [3.8, 4) is 11.4 Å². The van der Waals surface area contributed by atoms with Crippen molar-refractivity contribution in [2.24, 2.45) is 0 Å². The lowest BCUT2D eigenvalue weighted by Gasteiger charge is -2.37. The lowest BCUT2D eigenvalue weighted by Crippen LogP contribution is -2.55. The molecule has 0 radical (unpaired) electrons. The van der Waals surface area contributed by atoms with Crippen molar-refractivity contribution in [1.82, 2.24) is 20.2 Å². The topological polar surface area (TPSA) is 70.6 Å². The highest BCUT2D eigenvalue weighted by Gasteiger charge is 2.31. The van der Waals surface area contributed by atoms with Crippen LogP contribution in [0.4, 0.5) is 23.8 Å². The molecule has 0 bridgehead atoms. The van der Waals surface area contributed by atoms with Crippen molar-refractivity contribution in [2.45, 2.75) is 45.5 Å². The summed E-state index contributed by atoms with van der Waals surface area (Å²) >= 11 is 0. The Hall–Kier alpha value is -3.66. The third-order valence-corrected chi connectivity index (χ3v) is 6.37. The number of carbonyl (C=O) groups is 1. The van der Waals surface area contributed by atoms with Crippen LogP contribution in [0.1, 0.15) is 43.2 Å². The molecule has 0 atom stereocenters. The number of urea groups is 1. The van der Waals surface area contributed by atoms with E-state index in [4.69, 9.17) is 14.7 Å². The molecule has 1 fully saturated rings. The smallest absolute Gasteiger partial charge is 0.378 e. The fourth-order valence-corrected chi connectivity index (χ4v) is 4.52. The average Bonchev–Trinajstić information content (AvgIpc) is 2.89. The molecule has 7 nitrogen and oxygen atoms in total. The second kappa shape index (κ2) is 11.6. The fourth-order valence-electron chi connectivity index (χ4n) is 4.52. The third kappa shape index (κ3) is 7.26. The summed E-state index contributed by atoms with van der Waals surface area (Å²) in [5.74, 6) is 1.16. The number of alkyl halides is 3. The van der Waals surface area contributed by atoms with Crippen LogP contribution in [0.5, 0.6) is 0 Å². The average molecular weight is 542 g/mol. The minimum absolute atomic E-state index is 0.126. The summed E-state index contributed by atoms with van der Waals surface area (Å²) < 4.78 is 45.8. The summed E-state index contributed by atoms with van der Waals surface area (Å²) in [7, 11) is 1.56. The normalized spacial score (nSPS) is 14.4. The van der Waals surface area contributed by atoms with E-state index in [-0.39, 0.29) is 24.6 Å². The van der Waals surface area contributed by atoms with Gasteiger partial charge in [0.25, 0.3) is 0 Å². The Bertz CT molecular complexity index is 1280. The second-order valence-electron chi connectivity index (χ2n) is 10.6. The van der Waals surface area contributed by atoms with Gasteiger partial charge in [-0.3, -0.25) is 0 Å². The van der Waals surface area contributed by atoms with Gasteiger partial charge in [-0.05, 0) is 32.4 Å². The molecule has 1 aromatic heterocycles. The highest BCUT2D eigenvalue weighted by Crippen LogP contribution is 2.32. The molecule has 1 N–H and O–H groups in total. The number of methoxy groups -OCH3 is 1. The monoisotopic (exact) mass is 541 g/mol. The number of carbonyl (C=O) groups excluding carboxylic acids is 1. The third-order valence-electron chi connectivity index (χ3n) is 6.37. The Balaban J connectivity index is 1.72. The number of amides is 2. The maximum Gasteiger partial charge on any atom is 0.416 e. The number of ether oxygens (including phenoxy) is 1. The summed E-state index contributed by atoms with van der Waals surface area (Å²) in [5.41, 5.74) is 1.61. The quantitative estimate of drug-likeness (QED) is 0.445. The molecule has 39 heavy (non-hydrogen) atoms. The summed E-state index contributed by atoms with van der Waals surface area (Å²) in [4.78, 5) is 26.3. The van der Waals surface area contributed by atoms with Crippen molar-refractivity contribution in [1.29, 1.82) is 0 Å². The van der Waals surface area contributed by atoms with Gasteiger partial charge in [0.15, 0.2) is 5.82 Å². The van der Waals surface area contributed by atoms with Gasteiger partial charge in [0.2, 0.25) is 0 Å². The molecule has 4 rings (SSSR count). The number of hydrogen-bond donors (Lipinski definition) is 1. The molecule has 2 heterocycles. The van der Waals surface area contributed by atoms with E-state index in [1.165, 1.54) is 12.1 Å². The SMILES string of the molecule is COCc1nc(-c2ccccc2)nc(N2CCN(C(=O)NC(C)(C)C)CC2)c1Cc1cccc(C(F)(F)F)c1. The molecule has 208 valence electrons. The Morgan fingerprint density at radius 3 is 2.28 bits per heavy atom. The number of halogens is 3. The van der Waals surface area contributed by atoms with Gasteiger partial charge in [-0.2, -0.15) is 13.2 Å². The zero-order valence-corrected chi connectivity index (χ0v) is 22.7. The standard InChI is InChI=1S/C29H34F3N5O2/c1-28(2,3)35-27(38)37-15-13-36(14-16-37)26-23(18-20-9-8-12-22(17-20)29(30,31)32)24(19-39-4)33-25(34-26)21-10-6-5-7-11-21/h5-12,17H,13-16,18-19H2,1-4H3,(H,35,38). The maximum atomic E-state index is 13.4. The Morgan fingerprint density at radius 2 is 1.67 bits per heavy atom. The highest BCUT2D eigenvalue weighted by atomic mass is 19.4. The fraction of sp³-hybridized carbons (Fsp3) is 0.414. The molecule has 0 unspecified atom stereocenters. The van der Waals surface area contributed by atoms with Crippen LogP contribution in [0.2, 0.25) is 0 Å². The number of aromatic nitrogens is 2. The predicted octanol–water partition coefficient (Wildman–Crippen LogP) is 5.53. The molecule has 0 aliphatic carbocycles. The van der Waals surface area contributed by atoms with Gasteiger partial charge in [0.05, 0.1) is 17.9 Å². The van der Waals surface area contributed by atoms with Crippen molar-refractivity contribution in [3.63, 3.8) is 0 Å². The first-order chi connectivity index (χ1) is 18.4. The highest BCUT2D eigenvalue weighted by molar-refractivity contribution is 5.75. The van der Waals surface area contributed by atoms with Gasteiger partial charge >= 0.3 is 12.2 Å². The van der Waals surface area contributed by atoms with E-state index in [2.05, 4.69) is 10.2 Å². The first kappa shape index (κ1) is 28.4. The lowest BCUT2D eigenvalue weighted by atomic mass is 10.0. The van der Waals surface area contributed by atoms with Crippen LogP contribution in [0.15, 0.2) is 54.6 Å². The van der Waals surface area contributed by atoms with E-state index in [0.29, 0.717) is 54.6 Å². The molecule has 3 aromatic rings. The van der Waals surface area contributed by atoms with Crippen molar-refractivity contribution >= 4 is 11.8 Å². The molecule has 1 aliphatic rings. The Labute approximate surface area is 227 Å². The van der Waals surface area contributed by atoms with E-state index in [1.807, 2.05) is 51.1 Å². The maximum absolute atomic E-state index is 13.4. The molecule has 0 saturated carbocycles. The number of nitrogens with one attached hydrogen (secondary N) is 1. The van der Waals surface area contributed by atoms with Gasteiger partial charge < -0.3 is 19.9 Å². The van der Waals surface area contributed by atoms with E-state index >= 15 is 0 Å². The number of rotatable bonds is 6. The van der Waals surface area contributed by atoms with Crippen molar-refractivity contribution in [2.75, 3.05) is 38.2 Å². The molecular formula is C29H34F3N5O2. The number of anilines is 1. The summed E-state index contributed by atoms with van der Waals surface area (Å²) in [6, 6.07) is 14.7. The Morgan fingerprint density at radius 1 is 0.974 bits per heavy atom. The van der Waals surface area contributed by atoms with E-state index < -0.39 is 11.7 Å². The van der Waals surface area contributed by atoms with Crippen molar-refractivity contribution in [3.05, 3.63) is 77.0 Å². The molecular weight excluding hydrogens is 507 g/mol. The molecule has 0 spiro atoms. The van der Waals surface area contributed by atoms with Crippen LogP contribution in [0, 0.1) is 0 Å². The number of nitrogens with zero attached hydrogens (tertiary/aromatic N) is 4. The molecule has 2 amide bonds. The van der Waals surface area contributed by atoms with Gasteiger partial charge in [0.1, 0.15) is 5.82 Å². The number of piperazine rings is 1. The molecule has 1 aliphatic heterocycles. The molecule has 10 heteroatoms. The van der Waals surface area contributed by atoms with Crippen LogP contribution < -0.4 is 10.2 Å². The zero-order valence-electron chi connectivity index (χ0n) is 22.7. The summed E-state index contributed by atoms with van der Waals surface area (Å²) in [6.07, 6.45) is -4.23. The van der Waals surface area contributed by atoms with Crippen LogP contribution >= 0.6 is 0 Å².